The van der Waals surface area contributed by atoms with Gasteiger partial charge in [0.25, 0.3) is 5.91 Å². The molecule has 0 N–H and O–H groups in total. The minimum absolute atomic E-state index is 0.0476. The van der Waals surface area contributed by atoms with Gasteiger partial charge in [0, 0.05) is 61.3 Å². The highest BCUT2D eigenvalue weighted by Crippen LogP contribution is 2.37. The second-order valence-electron chi connectivity index (χ2n) is 11.4. The number of carbonyl (C=O) groups is 4. The Morgan fingerprint density at radius 3 is 2.39 bits per heavy atom. The van der Waals surface area contributed by atoms with Gasteiger partial charge < -0.3 is 19.3 Å². The summed E-state index contributed by atoms with van der Waals surface area (Å²) in [5.41, 5.74) is 2.63. The molecule has 2 amide bonds. The van der Waals surface area contributed by atoms with Crippen molar-refractivity contribution in [1.29, 1.82) is 0 Å². The maximum Gasteiger partial charge on any atom is 0.306 e. The highest BCUT2D eigenvalue weighted by Gasteiger charge is 2.29. The van der Waals surface area contributed by atoms with E-state index in [2.05, 4.69) is 22.1 Å². The molecule has 12 heteroatoms. The fraction of sp³-hybridized carbons (Fsp3) is 0.471. The number of amides is 2. The highest BCUT2D eigenvalue weighted by atomic mass is 33.1. The summed E-state index contributed by atoms with van der Waals surface area (Å²) in [7, 11) is 6.77. The molecule has 10 nitrogen and oxygen atoms in total. The van der Waals surface area contributed by atoms with Crippen LogP contribution in [-0.4, -0.2) is 73.6 Å². The van der Waals surface area contributed by atoms with Crippen LogP contribution in [0.4, 0.5) is 0 Å². The number of fused-ring (bicyclic) bond motifs is 1. The van der Waals surface area contributed by atoms with Crippen molar-refractivity contribution in [3.8, 4) is 0 Å². The average molecular weight is 667 g/mol. The number of hydrogen-bond acceptors (Lipinski definition) is 10. The van der Waals surface area contributed by atoms with Crippen molar-refractivity contribution in [2.24, 2.45) is 9.98 Å². The molecule has 0 radical (unpaired) electrons. The Hall–Kier alpha value is -3.64. The van der Waals surface area contributed by atoms with Crippen molar-refractivity contribution in [2.45, 2.75) is 76.2 Å². The lowest BCUT2D eigenvalue weighted by Gasteiger charge is -2.34. The molecular weight excluding hydrogens is 625 g/mol. The van der Waals surface area contributed by atoms with Crippen LogP contribution < -0.4 is 10.7 Å². The van der Waals surface area contributed by atoms with Crippen LogP contribution in [0.15, 0.2) is 69.1 Å². The van der Waals surface area contributed by atoms with E-state index in [0.29, 0.717) is 37.9 Å². The van der Waals surface area contributed by atoms with Crippen molar-refractivity contribution in [2.75, 3.05) is 27.4 Å². The number of rotatable bonds is 16. The van der Waals surface area contributed by atoms with Gasteiger partial charge in [-0.3, -0.25) is 29.2 Å². The molecule has 2 aliphatic rings. The number of esters is 2. The Morgan fingerprint density at radius 2 is 1.65 bits per heavy atom. The van der Waals surface area contributed by atoms with E-state index in [9.17, 15) is 19.2 Å². The molecule has 1 fully saturated rings. The van der Waals surface area contributed by atoms with Crippen molar-refractivity contribution >= 4 is 45.8 Å². The number of carbonyl (C=O) groups excluding carboxylic acids is 4. The molecule has 0 bridgehead atoms. The van der Waals surface area contributed by atoms with Crippen molar-refractivity contribution in [3.05, 3.63) is 81.0 Å². The maximum absolute atomic E-state index is 13.0. The molecule has 46 heavy (non-hydrogen) atoms. The molecule has 0 unspecified atom stereocenters. The standard InChI is InChI=1S/C34H42N4O6S2/c1-24(37(2)23-39)31(46-45-21-25-8-5-4-6-9-25)18-19-43-32(40)10-7-11-33(41)44-28-15-13-27(14-16-28)38(3)34(42)26-12-17-29-30(20-26)36-22-35-29/h4-6,8-9,12,17,20,23,27-28H,7,10-11,13-16,18-19,21-22H2,1-3H3/b31-24-. The summed E-state index contributed by atoms with van der Waals surface area (Å²) in [6.07, 6.45) is 4.56. The van der Waals surface area contributed by atoms with Gasteiger partial charge in [0.05, 0.1) is 17.3 Å². The van der Waals surface area contributed by atoms with Gasteiger partial charge in [0.1, 0.15) is 12.8 Å². The Morgan fingerprint density at radius 1 is 0.935 bits per heavy atom. The van der Waals surface area contributed by atoms with Crippen molar-refractivity contribution < 1.29 is 28.7 Å². The van der Waals surface area contributed by atoms with E-state index in [1.54, 1.807) is 45.7 Å². The summed E-state index contributed by atoms with van der Waals surface area (Å²) in [6, 6.07) is 15.6. The monoisotopic (exact) mass is 666 g/mol. The third kappa shape index (κ3) is 10.4. The summed E-state index contributed by atoms with van der Waals surface area (Å²) >= 11 is 0. The molecular formula is C34H42N4O6S2. The predicted octanol–water partition coefficient (Wildman–Crippen LogP) is 4.83. The summed E-state index contributed by atoms with van der Waals surface area (Å²) in [6.45, 7) is 2.48. The highest BCUT2D eigenvalue weighted by molar-refractivity contribution is 8.77. The lowest BCUT2D eigenvalue weighted by molar-refractivity contribution is -0.151. The van der Waals surface area contributed by atoms with Gasteiger partial charge >= 0.3 is 11.9 Å². The SMILES string of the molecule is C/C(=C(\CCOC(=O)CCCC(=O)OC1CCC(N(C)C(=O)c2ccc3c(c2)=NCN=3)CC1)SSCc1ccccc1)N(C)C=O. The largest absolute Gasteiger partial charge is 0.465 e. The molecule has 0 saturated heterocycles. The van der Waals surface area contributed by atoms with E-state index in [1.807, 2.05) is 38.2 Å². The van der Waals surface area contributed by atoms with E-state index < -0.39 is 0 Å². The van der Waals surface area contributed by atoms with E-state index in [0.717, 1.165) is 46.3 Å². The fourth-order valence-corrected chi connectivity index (χ4v) is 7.86. The number of nitrogens with zero attached hydrogens (tertiary/aromatic N) is 4. The Bertz CT molecular complexity index is 1530. The van der Waals surface area contributed by atoms with Crippen LogP contribution in [0.1, 0.15) is 74.2 Å². The number of ether oxygens (including phenoxy) is 2. The maximum atomic E-state index is 13.0. The van der Waals surface area contributed by atoms with Crippen molar-refractivity contribution in [3.63, 3.8) is 0 Å². The zero-order valence-corrected chi connectivity index (χ0v) is 28.3. The summed E-state index contributed by atoms with van der Waals surface area (Å²) < 4.78 is 11.1. The quantitative estimate of drug-likeness (QED) is 0.142. The summed E-state index contributed by atoms with van der Waals surface area (Å²) in [4.78, 5) is 62.0. The third-order valence-electron chi connectivity index (χ3n) is 8.19. The number of benzene rings is 2. The normalized spacial score (nSPS) is 17.5. The molecule has 4 rings (SSSR count). The average Bonchev–Trinajstić information content (AvgIpc) is 3.55. The van der Waals surface area contributed by atoms with Gasteiger partial charge in [-0.2, -0.15) is 0 Å². The van der Waals surface area contributed by atoms with E-state index in [-0.39, 0.29) is 49.4 Å². The second-order valence-corrected chi connectivity index (χ2v) is 13.8. The molecule has 246 valence electrons. The number of allylic oxidation sites excluding steroid dienone is 1. The van der Waals surface area contributed by atoms with Gasteiger partial charge in [-0.05, 0) is 62.8 Å². The van der Waals surface area contributed by atoms with Crippen LogP contribution in [0.5, 0.6) is 0 Å². The summed E-state index contributed by atoms with van der Waals surface area (Å²) in [5.74, 6) is 0.0759. The molecule has 1 aliphatic heterocycles. The zero-order chi connectivity index (χ0) is 32.9. The first-order valence-corrected chi connectivity index (χ1v) is 17.9. The Labute approximate surface area is 278 Å². The minimum atomic E-state index is -0.366. The van der Waals surface area contributed by atoms with Crippen LogP contribution in [0.2, 0.25) is 0 Å². The van der Waals surface area contributed by atoms with Gasteiger partial charge in [0.15, 0.2) is 0 Å². The lowest BCUT2D eigenvalue weighted by Crippen LogP contribution is -2.41. The fourth-order valence-electron chi connectivity index (χ4n) is 5.28. The van der Waals surface area contributed by atoms with E-state index in [1.165, 1.54) is 10.5 Å². The molecule has 2 aromatic rings. The van der Waals surface area contributed by atoms with Gasteiger partial charge in [-0.15, -0.1) is 0 Å². The van der Waals surface area contributed by atoms with Gasteiger partial charge in [-0.1, -0.05) is 51.9 Å². The topological polar surface area (TPSA) is 118 Å². The molecule has 0 aromatic heterocycles. The van der Waals surface area contributed by atoms with Crippen LogP contribution in [0.3, 0.4) is 0 Å². The predicted molar refractivity (Wildman–Crippen MR) is 179 cm³/mol. The first kappa shape index (κ1) is 35.2. The Kier molecular flexibility index (Phi) is 13.7. The molecule has 1 heterocycles. The minimum Gasteiger partial charge on any atom is -0.465 e. The van der Waals surface area contributed by atoms with Crippen LogP contribution in [0, 0.1) is 0 Å². The third-order valence-corrected chi connectivity index (χ3v) is 10.8. The van der Waals surface area contributed by atoms with Crippen LogP contribution >= 0.6 is 21.6 Å². The smallest absolute Gasteiger partial charge is 0.306 e. The first-order valence-electron chi connectivity index (χ1n) is 15.6. The first-order chi connectivity index (χ1) is 22.2. The van der Waals surface area contributed by atoms with E-state index >= 15 is 0 Å². The second kappa shape index (κ2) is 17.9. The molecule has 2 aromatic carbocycles. The van der Waals surface area contributed by atoms with Crippen molar-refractivity contribution in [1.82, 2.24) is 9.80 Å². The Balaban J connectivity index is 1.11. The van der Waals surface area contributed by atoms with E-state index in [4.69, 9.17) is 9.47 Å². The number of hydrogen-bond donors (Lipinski definition) is 0. The molecule has 1 saturated carbocycles. The van der Waals surface area contributed by atoms with Gasteiger partial charge in [0.2, 0.25) is 6.41 Å². The molecule has 0 spiro atoms. The molecule has 0 atom stereocenters. The molecule has 1 aliphatic carbocycles. The van der Waals surface area contributed by atoms with Crippen LogP contribution in [0.25, 0.3) is 0 Å². The zero-order valence-electron chi connectivity index (χ0n) is 26.7. The van der Waals surface area contributed by atoms with Gasteiger partial charge in [-0.25, -0.2) is 0 Å². The van der Waals surface area contributed by atoms with Crippen LogP contribution in [-0.2, 0) is 29.6 Å². The lowest BCUT2D eigenvalue weighted by atomic mass is 9.91. The summed E-state index contributed by atoms with van der Waals surface area (Å²) in [5, 5.41) is 1.58.